The highest BCUT2D eigenvalue weighted by molar-refractivity contribution is 9.10. The van der Waals surface area contributed by atoms with Gasteiger partial charge in [0.05, 0.1) is 4.47 Å². The fourth-order valence-corrected chi connectivity index (χ4v) is 3.05. The van der Waals surface area contributed by atoms with Crippen molar-refractivity contribution in [3.05, 3.63) is 17.0 Å². The highest BCUT2D eigenvalue weighted by Gasteiger charge is 2.14. The van der Waals surface area contributed by atoms with Crippen molar-refractivity contribution in [3.8, 4) is 0 Å². The van der Waals surface area contributed by atoms with Crippen LogP contribution in [-0.2, 0) is 11.5 Å². The van der Waals surface area contributed by atoms with Crippen molar-refractivity contribution in [2.75, 3.05) is 12.3 Å². The van der Waals surface area contributed by atoms with Gasteiger partial charge in [0.15, 0.2) is 5.82 Å². The van der Waals surface area contributed by atoms with Crippen molar-refractivity contribution in [2.45, 2.75) is 32.4 Å². The van der Waals surface area contributed by atoms with Gasteiger partial charge >= 0.3 is 0 Å². The molecule has 104 valence electrons. The van der Waals surface area contributed by atoms with Gasteiger partial charge in [0, 0.05) is 20.9 Å². The molecule has 0 bridgehead atoms. The molecule has 0 aliphatic rings. The summed E-state index contributed by atoms with van der Waals surface area (Å²) in [5, 5.41) is 0. The second-order valence-electron chi connectivity index (χ2n) is 5.75. The van der Waals surface area contributed by atoms with Crippen LogP contribution in [0.2, 0.25) is 25.7 Å². The molecule has 7 heteroatoms. The maximum Gasteiger partial charge on any atom is 0.151 e. The number of halogens is 1. The Morgan fingerprint density at radius 1 is 1.37 bits per heavy atom. The average molecular weight is 343 g/mol. The Hall–Kier alpha value is -0.923. The minimum absolute atomic E-state index is 0.476. The van der Waals surface area contributed by atoms with E-state index in [1.165, 1.54) is 6.33 Å². The Morgan fingerprint density at radius 2 is 2.11 bits per heavy atom. The van der Waals surface area contributed by atoms with Crippen molar-refractivity contribution < 1.29 is 4.74 Å². The summed E-state index contributed by atoms with van der Waals surface area (Å²) in [4.78, 5) is 8.25. The number of ether oxygens (including phenoxy) is 1. The van der Waals surface area contributed by atoms with Crippen molar-refractivity contribution in [2.24, 2.45) is 0 Å². The van der Waals surface area contributed by atoms with Gasteiger partial charge in [0.25, 0.3) is 0 Å². The first-order valence-electron chi connectivity index (χ1n) is 6.21. The van der Waals surface area contributed by atoms with Crippen LogP contribution >= 0.6 is 15.9 Å². The molecule has 0 saturated heterocycles. The SMILES string of the molecule is C[Si](C)(C)CCOCn1cc(Br)c2ncnc(N)c21. The summed E-state index contributed by atoms with van der Waals surface area (Å²) in [5.74, 6) is 0.476. The fraction of sp³-hybridized carbons (Fsp3) is 0.500. The van der Waals surface area contributed by atoms with Gasteiger partial charge in [0.2, 0.25) is 0 Å². The maximum absolute atomic E-state index is 5.90. The maximum atomic E-state index is 5.90. The standard InChI is InChI=1S/C12H19BrN4OSi/c1-19(2,3)5-4-18-8-17-6-9(13)10-11(17)12(14)16-7-15-10/h6-7H,4-5,8H2,1-3H3,(H2,14,15,16). The highest BCUT2D eigenvalue weighted by Crippen LogP contribution is 2.26. The summed E-state index contributed by atoms with van der Waals surface area (Å²) in [6, 6.07) is 1.15. The van der Waals surface area contributed by atoms with E-state index in [4.69, 9.17) is 10.5 Å². The van der Waals surface area contributed by atoms with E-state index in [9.17, 15) is 0 Å². The van der Waals surface area contributed by atoms with E-state index < -0.39 is 8.07 Å². The van der Waals surface area contributed by atoms with Crippen LogP contribution in [0.15, 0.2) is 17.0 Å². The monoisotopic (exact) mass is 342 g/mol. The van der Waals surface area contributed by atoms with Gasteiger partial charge < -0.3 is 15.0 Å². The molecule has 2 aromatic heterocycles. The van der Waals surface area contributed by atoms with E-state index in [0.717, 1.165) is 28.2 Å². The van der Waals surface area contributed by atoms with E-state index >= 15 is 0 Å². The van der Waals surface area contributed by atoms with E-state index in [1.54, 1.807) is 0 Å². The van der Waals surface area contributed by atoms with Gasteiger partial charge in [-0.2, -0.15) is 0 Å². The zero-order valence-electron chi connectivity index (χ0n) is 11.5. The zero-order valence-corrected chi connectivity index (χ0v) is 14.1. The molecule has 0 radical (unpaired) electrons. The Kier molecular flexibility index (Phi) is 4.27. The molecule has 19 heavy (non-hydrogen) atoms. The Bertz CT molecular complexity index is 579. The molecule has 2 aromatic rings. The van der Waals surface area contributed by atoms with Crippen LogP contribution in [0.5, 0.6) is 0 Å². The number of nitrogen functional groups attached to an aromatic ring is 1. The molecule has 5 nitrogen and oxygen atoms in total. The summed E-state index contributed by atoms with van der Waals surface area (Å²) in [5.41, 5.74) is 7.54. The van der Waals surface area contributed by atoms with Crippen LogP contribution in [0.4, 0.5) is 5.82 Å². The molecule has 0 fully saturated rings. The van der Waals surface area contributed by atoms with E-state index in [1.807, 2.05) is 10.8 Å². The van der Waals surface area contributed by atoms with Crippen LogP contribution in [0, 0.1) is 0 Å². The quantitative estimate of drug-likeness (QED) is 0.669. The van der Waals surface area contributed by atoms with Gasteiger partial charge in [0.1, 0.15) is 24.1 Å². The third-order valence-corrected chi connectivity index (χ3v) is 5.14. The minimum Gasteiger partial charge on any atom is -0.382 e. The van der Waals surface area contributed by atoms with E-state index in [2.05, 4.69) is 45.5 Å². The lowest BCUT2D eigenvalue weighted by molar-refractivity contribution is 0.0902. The van der Waals surface area contributed by atoms with Crippen LogP contribution in [0.25, 0.3) is 11.0 Å². The first kappa shape index (κ1) is 14.5. The van der Waals surface area contributed by atoms with Crippen molar-refractivity contribution in [1.29, 1.82) is 0 Å². The van der Waals surface area contributed by atoms with E-state index in [-0.39, 0.29) is 0 Å². The minimum atomic E-state index is -1.05. The Morgan fingerprint density at radius 3 is 2.79 bits per heavy atom. The molecule has 0 aromatic carbocycles. The number of nitrogens with zero attached hydrogens (tertiary/aromatic N) is 3. The van der Waals surface area contributed by atoms with Crippen LogP contribution < -0.4 is 5.73 Å². The van der Waals surface area contributed by atoms with Gasteiger partial charge in [-0.15, -0.1) is 0 Å². The molecule has 2 heterocycles. The van der Waals surface area contributed by atoms with Gasteiger partial charge in [-0.3, -0.25) is 0 Å². The molecule has 0 aliphatic carbocycles. The molecular formula is C12H19BrN4OSi. The largest absolute Gasteiger partial charge is 0.382 e. The molecule has 0 aliphatic heterocycles. The number of aromatic nitrogens is 3. The highest BCUT2D eigenvalue weighted by atomic mass is 79.9. The second-order valence-corrected chi connectivity index (χ2v) is 12.2. The summed E-state index contributed by atoms with van der Waals surface area (Å²) in [7, 11) is -1.05. The van der Waals surface area contributed by atoms with Crippen LogP contribution in [-0.4, -0.2) is 29.2 Å². The second kappa shape index (κ2) is 5.60. The topological polar surface area (TPSA) is 66.0 Å². The van der Waals surface area contributed by atoms with Crippen LogP contribution in [0.1, 0.15) is 0 Å². The number of nitrogens with two attached hydrogens (primary N) is 1. The number of rotatable bonds is 5. The van der Waals surface area contributed by atoms with Gasteiger partial charge in [-0.1, -0.05) is 19.6 Å². The lowest BCUT2D eigenvalue weighted by Crippen LogP contribution is -2.22. The molecule has 2 rings (SSSR count). The van der Waals surface area contributed by atoms with Crippen molar-refractivity contribution >= 4 is 40.9 Å². The Labute approximate surface area is 122 Å². The molecule has 0 saturated carbocycles. The number of hydrogen-bond acceptors (Lipinski definition) is 4. The number of hydrogen-bond donors (Lipinski definition) is 1. The summed E-state index contributed by atoms with van der Waals surface area (Å²) in [6.45, 7) is 8.27. The number of fused-ring (bicyclic) bond motifs is 1. The lowest BCUT2D eigenvalue weighted by Gasteiger charge is -2.15. The normalized spacial score (nSPS) is 12.2. The van der Waals surface area contributed by atoms with Gasteiger partial charge in [-0.25, -0.2) is 9.97 Å². The predicted octanol–water partition coefficient (Wildman–Crippen LogP) is 3.09. The smallest absolute Gasteiger partial charge is 0.151 e. The molecule has 0 amide bonds. The molecular weight excluding hydrogens is 324 g/mol. The average Bonchev–Trinajstić information content (AvgIpc) is 2.62. The van der Waals surface area contributed by atoms with Gasteiger partial charge in [-0.05, 0) is 22.0 Å². The third kappa shape index (κ3) is 3.55. The van der Waals surface area contributed by atoms with Crippen molar-refractivity contribution in [1.82, 2.24) is 14.5 Å². The molecule has 0 spiro atoms. The summed E-state index contributed by atoms with van der Waals surface area (Å²) in [6.07, 6.45) is 3.41. The third-order valence-electron chi connectivity index (χ3n) is 2.86. The molecule has 2 N–H and O–H groups in total. The Balaban J connectivity index is 2.09. The lowest BCUT2D eigenvalue weighted by atomic mass is 10.4. The predicted molar refractivity (Wildman–Crippen MR) is 83.7 cm³/mol. The first-order chi connectivity index (χ1) is 8.88. The molecule has 0 atom stereocenters. The molecule has 0 unspecified atom stereocenters. The first-order valence-corrected chi connectivity index (χ1v) is 10.7. The van der Waals surface area contributed by atoms with Crippen LogP contribution in [0.3, 0.4) is 0 Å². The summed E-state index contributed by atoms with van der Waals surface area (Å²) >= 11 is 3.48. The summed E-state index contributed by atoms with van der Waals surface area (Å²) < 4.78 is 8.59. The fourth-order valence-electron chi connectivity index (χ4n) is 1.76. The van der Waals surface area contributed by atoms with Crippen molar-refractivity contribution in [3.63, 3.8) is 0 Å². The zero-order chi connectivity index (χ0) is 14.0. The number of anilines is 1. The van der Waals surface area contributed by atoms with E-state index in [0.29, 0.717) is 12.5 Å².